The zero-order valence-corrected chi connectivity index (χ0v) is 10.2. The van der Waals surface area contributed by atoms with Crippen molar-refractivity contribution in [2.75, 3.05) is 6.61 Å². The number of carbonyl (C=O) groups is 2. The van der Waals surface area contributed by atoms with Crippen molar-refractivity contribution in [3.63, 3.8) is 0 Å². The van der Waals surface area contributed by atoms with Gasteiger partial charge < -0.3 is 14.5 Å². The summed E-state index contributed by atoms with van der Waals surface area (Å²) in [6, 6.07) is 0. The third-order valence-electron chi connectivity index (χ3n) is 3.78. The first-order valence-electron chi connectivity index (χ1n) is 6.25. The molecule has 0 aromatic carbocycles. The number of hydrogen-bond acceptors (Lipinski definition) is 4. The summed E-state index contributed by atoms with van der Waals surface area (Å²) in [6.07, 6.45) is 5.09. The van der Waals surface area contributed by atoms with Crippen molar-refractivity contribution in [1.82, 2.24) is 5.32 Å². The van der Waals surface area contributed by atoms with Crippen molar-refractivity contribution in [2.24, 2.45) is 0 Å². The van der Waals surface area contributed by atoms with Gasteiger partial charge in [0.25, 0.3) is 5.91 Å². The molecule has 0 unspecified atom stereocenters. The van der Waals surface area contributed by atoms with Gasteiger partial charge in [0.05, 0.1) is 12.2 Å². The van der Waals surface area contributed by atoms with E-state index in [1.807, 2.05) is 0 Å². The van der Waals surface area contributed by atoms with Gasteiger partial charge in [0.1, 0.15) is 17.6 Å². The van der Waals surface area contributed by atoms with Gasteiger partial charge in [0.2, 0.25) is 0 Å². The second-order valence-electron chi connectivity index (χ2n) is 4.93. The van der Waals surface area contributed by atoms with Gasteiger partial charge in [-0.1, -0.05) is 0 Å². The Kier molecular flexibility index (Phi) is 2.43. The fraction of sp³-hybridized carbons (Fsp3) is 0.538. The van der Waals surface area contributed by atoms with Crippen molar-refractivity contribution in [1.29, 1.82) is 0 Å². The summed E-state index contributed by atoms with van der Waals surface area (Å²) in [6.45, 7) is 2.01. The third-order valence-corrected chi connectivity index (χ3v) is 3.78. The third kappa shape index (κ3) is 1.54. The number of ether oxygens (including phenoxy) is 1. The van der Waals surface area contributed by atoms with E-state index >= 15 is 0 Å². The van der Waals surface area contributed by atoms with Crippen LogP contribution in [0.1, 0.15) is 52.7 Å². The van der Waals surface area contributed by atoms with Crippen LogP contribution < -0.4 is 5.32 Å². The molecule has 1 N–H and O–H groups in total. The van der Waals surface area contributed by atoms with Crippen LogP contribution in [-0.2, 0) is 11.2 Å². The maximum absolute atomic E-state index is 12.1. The number of amides is 1. The minimum atomic E-state index is -0.498. The van der Waals surface area contributed by atoms with Crippen molar-refractivity contribution < 1.29 is 18.7 Å². The fourth-order valence-corrected chi connectivity index (χ4v) is 2.70. The van der Waals surface area contributed by atoms with E-state index in [2.05, 4.69) is 5.32 Å². The molecule has 0 saturated heterocycles. The summed E-state index contributed by atoms with van der Waals surface area (Å²) >= 11 is 0. The van der Waals surface area contributed by atoms with Crippen LogP contribution in [0.5, 0.6) is 0 Å². The first-order chi connectivity index (χ1) is 8.65. The van der Waals surface area contributed by atoms with Crippen LogP contribution in [0.25, 0.3) is 0 Å². The Morgan fingerprint density at radius 2 is 2.33 bits per heavy atom. The smallest absolute Gasteiger partial charge is 0.342 e. The minimum absolute atomic E-state index is 0.131. The number of rotatable bonds is 2. The van der Waals surface area contributed by atoms with Gasteiger partial charge in [-0.2, -0.15) is 0 Å². The standard InChI is InChI=1S/C13H15NO4/c1-2-17-12(16)8-7-18-9-6-13(4-3-5-13)14-11(15)10(8)9/h7H,2-6H2,1H3,(H,14,15). The van der Waals surface area contributed by atoms with E-state index in [1.165, 1.54) is 6.26 Å². The van der Waals surface area contributed by atoms with E-state index in [-0.39, 0.29) is 23.6 Å². The Morgan fingerprint density at radius 1 is 1.56 bits per heavy atom. The number of carbonyl (C=O) groups excluding carboxylic acids is 2. The largest absolute Gasteiger partial charge is 0.467 e. The van der Waals surface area contributed by atoms with Gasteiger partial charge in [-0.15, -0.1) is 0 Å². The average Bonchev–Trinajstić information content (AvgIpc) is 2.71. The van der Waals surface area contributed by atoms with E-state index < -0.39 is 5.97 Å². The fourth-order valence-electron chi connectivity index (χ4n) is 2.70. The first-order valence-corrected chi connectivity index (χ1v) is 6.25. The maximum Gasteiger partial charge on any atom is 0.342 e. The summed E-state index contributed by atoms with van der Waals surface area (Å²) in [4.78, 5) is 23.8. The highest BCUT2D eigenvalue weighted by Gasteiger charge is 2.45. The molecule has 0 radical (unpaired) electrons. The number of nitrogens with one attached hydrogen (secondary N) is 1. The van der Waals surface area contributed by atoms with E-state index in [4.69, 9.17) is 9.15 Å². The van der Waals surface area contributed by atoms with Crippen molar-refractivity contribution in [3.05, 3.63) is 23.2 Å². The molecular formula is C13H15NO4. The van der Waals surface area contributed by atoms with Gasteiger partial charge in [-0.05, 0) is 26.2 Å². The van der Waals surface area contributed by atoms with Gasteiger partial charge >= 0.3 is 5.97 Å². The number of hydrogen-bond donors (Lipinski definition) is 1. The Hall–Kier alpha value is -1.78. The molecule has 1 spiro atoms. The number of fused-ring (bicyclic) bond motifs is 1. The van der Waals surface area contributed by atoms with Gasteiger partial charge in [-0.3, -0.25) is 4.79 Å². The van der Waals surface area contributed by atoms with E-state index in [9.17, 15) is 9.59 Å². The molecule has 0 atom stereocenters. The zero-order chi connectivity index (χ0) is 12.8. The molecule has 2 heterocycles. The second kappa shape index (κ2) is 3.86. The molecular weight excluding hydrogens is 234 g/mol. The molecule has 1 aromatic heterocycles. The number of furan rings is 1. The molecule has 3 rings (SSSR count). The topological polar surface area (TPSA) is 68.5 Å². The molecule has 1 aromatic rings. The Bertz CT molecular complexity index is 513. The lowest BCUT2D eigenvalue weighted by Crippen LogP contribution is -2.57. The molecule has 18 heavy (non-hydrogen) atoms. The van der Waals surface area contributed by atoms with Crippen LogP contribution in [0.3, 0.4) is 0 Å². The highest BCUT2D eigenvalue weighted by atomic mass is 16.5. The molecule has 5 heteroatoms. The summed E-state index contributed by atoms with van der Waals surface area (Å²) < 4.78 is 10.3. The van der Waals surface area contributed by atoms with Crippen molar-refractivity contribution in [3.8, 4) is 0 Å². The van der Waals surface area contributed by atoms with Crippen LogP contribution in [-0.4, -0.2) is 24.0 Å². The van der Waals surface area contributed by atoms with Gasteiger partial charge in [-0.25, -0.2) is 4.79 Å². The predicted molar refractivity (Wildman–Crippen MR) is 62.4 cm³/mol. The molecule has 2 aliphatic rings. The van der Waals surface area contributed by atoms with E-state index in [1.54, 1.807) is 6.92 Å². The molecule has 0 bridgehead atoms. The van der Waals surface area contributed by atoms with Crippen molar-refractivity contribution in [2.45, 2.75) is 38.1 Å². The van der Waals surface area contributed by atoms with Crippen LogP contribution in [0.2, 0.25) is 0 Å². The summed E-state index contributed by atoms with van der Waals surface area (Å²) in [5.74, 6) is -0.100. The second-order valence-corrected chi connectivity index (χ2v) is 4.93. The van der Waals surface area contributed by atoms with Crippen molar-refractivity contribution >= 4 is 11.9 Å². The van der Waals surface area contributed by atoms with E-state index in [0.29, 0.717) is 17.7 Å². The van der Waals surface area contributed by atoms with Crippen LogP contribution in [0.4, 0.5) is 0 Å². The van der Waals surface area contributed by atoms with Gasteiger partial charge in [0, 0.05) is 12.0 Å². The highest BCUT2D eigenvalue weighted by Crippen LogP contribution is 2.39. The zero-order valence-electron chi connectivity index (χ0n) is 10.2. The molecule has 1 aliphatic heterocycles. The quantitative estimate of drug-likeness (QED) is 0.809. The van der Waals surface area contributed by atoms with E-state index in [0.717, 1.165) is 19.3 Å². The van der Waals surface area contributed by atoms with Crippen LogP contribution >= 0.6 is 0 Å². The molecule has 1 saturated carbocycles. The lowest BCUT2D eigenvalue weighted by molar-refractivity contribution is 0.0519. The summed E-state index contributed by atoms with van der Waals surface area (Å²) in [7, 11) is 0. The first kappa shape index (κ1) is 11.3. The Balaban J connectivity index is 1.94. The molecule has 1 aliphatic carbocycles. The number of esters is 1. The van der Waals surface area contributed by atoms with Gasteiger partial charge in [0.15, 0.2) is 0 Å². The lowest BCUT2D eigenvalue weighted by Gasteiger charge is -2.44. The minimum Gasteiger partial charge on any atom is -0.467 e. The molecule has 96 valence electrons. The molecule has 5 nitrogen and oxygen atoms in total. The van der Waals surface area contributed by atoms with Crippen LogP contribution in [0, 0.1) is 0 Å². The summed E-state index contributed by atoms with van der Waals surface area (Å²) in [5.41, 5.74) is 0.456. The lowest BCUT2D eigenvalue weighted by atomic mass is 9.71. The Labute approximate surface area is 104 Å². The Morgan fingerprint density at radius 3 is 2.94 bits per heavy atom. The molecule has 1 amide bonds. The summed E-state index contributed by atoms with van der Waals surface area (Å²) in [5, 5.41) is 3.00. The average molecular weight is 249 g/mol. The SMILES string of the molecule is CCOC(=O)c1coc2c1C(=O)NC1(CCC1)C2. The normalized spacial score (nSPS) is 19.9. The van der Waals surface area contributed by atoms with Crippen LogP contribution in [0.15, 0.2) is 10.7 Å². The predicted octanol–water partition coefficient (Wildman–Crippen LogP) is 1.66. The molecule has 1 fully saturated rings. The maximum atomic E-state index is 12.1. The monoisotopic (exact) mass is 249 g/mol. The highest BCUT2D eigenvalue weighted by molar-refractivity contribution is 6.07.